The van der Waals surface area contributed by atoms with Gasteiger partial charge in [0.1, 0.15) is 12.3 Å². The average molecular weight is 426 g/mol. The number of aromatic nitrogens is 1. The highest BCUT2D eigenvalue weighted by molar-refractivity contribution is 7.89. The van der Waals surface area contributed by atoms with Crippen LogP contribution < -0.4 is 15.6 Å². The molecule has 10 heteroatoms. The van der Waals surface area contributed by atoms with E-state index in [4.69, 9.17) is 16.3 Å². The Morgan fingerprint density at radius 2 is 1.93 bits per heavy atom. The number of nitrogens with zero attached hydrogens (tertiary/aromatic N) is 2. The number of carbonyl (C=O) groups is 1. The normalized spacial score (nSPS) is 14.8. The van der Waals surface area contributed by atoms with Crippen molar-refractivity contribution >= 4 is 33.2 Å². The first kappa shape index (κ1) is 20.4. The first-order valence-electron chi connectivity index (χ1n) is 8.65. The van der Waals surface area contributed by atoms with Gasteiger partial charge in [0, 0.05) is 31.0 Å². The van der Waals surface area contributed by atoms with Crippen LogP contribution in [0.15, 0.2) is 46.2 Å². The van der Waals surface area contributed by atoms with Crippen LogP contribution in [0.4, 0.5) is 5.69 Å². The van der Waals surface area contributed by atoms with E-state index in [9.17, 15) is 18.0 Å². The number of methoxy groups -OCH3 is 1. The lowest BCUT2D eigenvalue weighted by atomic mass is 10.3. The predicted octanol–water partition coefficient (Wildman–Crippen LogP) is 1.93. The second-order valence-electron chi connectivity index (χ2n) is 6.34. The molecule has 0 saturated carbocycles. The van der Waals surface area contributed by atoms with E-state index < -0.39 is 21.5 Å². The lowest BCUT2D eigenvalue weighted by molar-refractivity contribution is -0.116. The summed E-state index contributed by atoms with van der Waals surface area (Å²) >= 11 is 6.03. The van der Waals surface area contributed by atoms with Crippen molar-refractivity contribution in [1.29, 1.82) is 0 Å². The van der Waals surface area contributed by atoms with Crippen molar-refractivity contribution in [2.75, 3.05) is 25.5 Å². The third-order valence-electron chi connectivity index (χ3n) is 4.41. The molecular weight excluding hydrogens is 406 g/mol. The number of pyridine rings is 1. The summed E-state index contributed by atoms with van der Waals surface area (Å²) in [4.78, 5) is 24.4. The Kier molecular flexibility index (Phi) is 6.07. The standard InChI is InChI=1S/C18H20ClN3O5S/c1-27-16-6-4-13(10-15(16)19)20-17(23)12-21-11-14(5-7-18(21)24)28(25,26)22-8-2-3-9-22/h4-7,10-11H,2-3,8-9,12H2,1H3,(H,20,23). The van der Waals surface area contributed by atoms with E-state index >= 15 is 0 Å². The Bertz CT molecular complexity index is 1050. The molecule has 0 unspecified atom stereocenters. The van der Waals surface area contributed by atoms with E-state index in [1.54, 1.807) is 12.1 Å². The maximum atomic E-state index is 12.7. The fourth-order valence-electron chi connectivity index (χ4n) is 2.96. The number of amides is 1. The maximum absolute atomic E-state index is 12.7. The highest BCUT2D eigenvalue weighted by atomic mass is 35.5. The van der Waals surface area contributed by atoms with E-state index in [-0.39, 0.29) is 11.4 Å². The molecule has 8 nitrogen and oxygen atoms in total. The van der Waals surface area contributed by atoms with Gasteiger partial charge in [-0.1, -0.05) is 11.6 Å². The molecule has 2 heterocycles. The van der Waals surface area contributed by atoms with Gasteiger partial charge < -0.3 is 14.6 Å². The maximum Gasteiger partial charge on any atom is 0.251 e. The van der Waals surface area contributed by atoms with E-state index in [2.05, 4.69) is 5.32 Å². The van der Waals surface area contributed by atoms with Gasteiger partial charge in [-0.15, -0.1) is 0 Å². The van der Waals surface area contributed by atoms with Crippen molar-refractivity contribution in [2.45, 2.75) is 24.3 Å². The van der Waals surface area contributed by atoms with Crippen LogP contribution in [0.5, 0.6) is 5.75 Å². The number of hydrogen-bond acceptors (Lipinski definition) is 5. The lowest BCUT2D eigenvalue weighted by Crippen LogP contribution is -2.31. The summed E-state index contributed by atoms with van der Waals surface area (Å²) in [6, 6.07) is 7.16. The van der Waals surface area contributed by atoms with E-state index in [1.165, 1.54) is 29.7 Å². The number of carbonyl (C=O) groups excluding carboxylic acids is 1. The van der Waals surface area contributed by atoms with Crippen molar-refractivity contribution in [2.24, 2.45) is 0 Å². The number of halogens is 1. The van der Waals surface area contributed by atoms with E-state index in [0.29, 0.717) is 29.5 Å². The van der Waals surface area contributed by atoms with E-state index in [0.717, 1.165) is 23.5 Å². The average Bonchev–Trinajstić information content (AvgIpc) is 3.19. The van der Waals surface area contributed by atoms with Crippen LogP contribution in [0.1, 0.15) is 12.8 Å². The minimum absolute atomic E-state index is 0.00529. The SMILES string of the molecule is COc1ccc(NC(=O)Cn2cc(S(=O)(=O)N3CCCC3)ccc2=O)cc1Cl. The molecule has 0 bridgehead atoms. The van der Waals surface area contributed by atoms with E-state index in [1.807, 2.05) is 0 Å². The molecule has 0 aliphatic carbocycles. The summed E-state index contributed by atoms with van der Waals surface area (Å²) in [5.74, 6) is -0.0187. The van der Waals surface area contributed by atoms with Crippen LogP contribution in [0, 0.1) is 0 Å². The van der Waals surface area contributed by atoms with Gasteiger partial charge in [0.2, 0.25) is 15.9 Å². The smallest absolute Gasteiger partial charge is 0.251 e. The topological polar surface area (TPSA) is 97.7 Å². The van der Waals surface area contributed by atoms with Crippen LogP contribution in [-0.2, 0) is 21.4 Å². The molecule has 1 aromatic heterocycles. The number of hydrogen-bond donors (Lipinski definition) is 1. The van der Waals surface area contributed by atoms with Crippen molar-refractivity contribution in [3.63, 3.8) is 0 Å². The van der Waals surface area contributed by atoms with Crippen molar-refractivity contribution in [3.8, 4) is 5.75 Å². The van der Waals surface area contributed by atoms with Crippen LogP contribution in [0.2, 0.25) is 5.02 Å². The van der Waals surface area contributed by atoms with Gasteiger partial charge in [0.25, 0.3) is 5.56 Å². The highest BCUT2D eigenvalue weighted by Gasteiger charge is 2.27. The molecule has 1 aliphatic rings. The number of nitrogens with one attached hydrogen (secondary N) is 1. The second kappa shape index (κ2) is 8.34. The Labute approximate surface area is 167 Å². The highest BCUT2D eigenvalue weighted by Crippen LogP contribution is 2.27. The molecule has 1 aromatic carbocycles. The molecule has 1 N–H and O–H groups in total. The van der Waals surface area contributed by atoms with Crippen molar-refractivity contribution in [1.82, 2.24) is 8.87 Å². The summed E-state index contributed by atoms with van der Waals surface area (Å²) in [5, 5.41) is 2.95. The molecule has 2 aromatic rings. The first-order chi connectivity index (χ1) is 13.3. The van der Waals surface area contributed by atoms with Crippen LogP contribution in [-0.4, -0.2) is 43.4 Å². The minimum atomic E-state index is -3.68. The minimum Gasteiger partial charge on any atom is -0.495 e. The summed E-state index contributed by atoms with van der Waals surface area (Å²) < 4.78 is 32.8. The molecule has 1 saturated heterocycles. The first-order valence-corrected chi connectivity index (χ1v) is 10.5. The van der Waals surface area contributed by atoms with Crippen molar-refractivity contribution < 1.29 is 17.9 Å². The van der Waals surface area contributed by atoms with Gasteiger partial charge in [-0.25, -0.2) is 8.42 Å². The van der Waals surface area contributed by atoms with Gasteiger partial charge in [-0.05, 0) is 37.1 Å². The number of benzene rings is 1. The van der Waals surface area contributed by atoms with Crippen LogP contribution in [0.3, 0.4) is 0 Å². The van der Waals surface area contributed by atoms with Gasteiger partial charge in [-0.2, -0.15) is 4.31 Å². The van der Waals surface area contributed by atoms with Gasteiger partial charge in [0.05, 0.1) is 17.0 Å². The van der Waals surface area contributed by atoms with Crippen LogP contribution >= 0.6 is 11.6 Å². The molecule has 1 fully saturated rings. The van der Waals surface area contributed by atoms with Gasteiger partial charge >= 0.3 is 0 Å². The lowest BCUT2D eigenvalue weighted by Gasteiger charge is -2.16. The molecule has 1 aliphatic heterocycles. The molecular formula is C18H20ClN3O5S. The van der Waals surface area contributed by atoms with Crippen molar-refractivity contribution in [3.05, 3.63) is 51.9 Å². The van der Waals surface area contributed by atoms with Gasteiger partial charge in [0.15, 0.2) is 0 Å². The zero-order valence-electron chi connectivity index (χ0n) is 15.2. The Morgan fingerprint density at radius 1 is 1.21 bits per heavy atom. The Morgan fingerprint density at radius 3 is 2.57 bits per heavy atom. The zero-order valence-corrected chi connectivity index (χ0v) is 16.8. The predicted molar refractivity (Wildman–Crippen MR) is 105 cm³/mol. The molecule has 1 amide bonds. The summed E-state index contributed by atoms with van der Waals surface area (Å²) in [5.41, 5.74) is -0.0343. The Hall–Kier alpha value is -2.36. The summed E-state index contributed by atoms with van der Waals surface area (Å²) in [7, 11) is -2.19. The molecule has 150 valence electrons. The largest absolute Gasteiger partial charge is 0.495 e. The number of ether oxygens (including phenoxy) is 1. The second-order valence-corrected chi connectivity index (χ2v) is 8.68. The fourth-order valence-corrected chi connectivity index (χ4v) is 4.76. The molecule has 0 radical (unpaired) electrons. The zero-order chi connectivity index (χ0) is 20.3. The summed E-state index contributed by atoms with van der Waals surface area (Å²) in [6.45, 7) is 0.589. The molecule has 0 atom stereocenters. The summed E-state index contributed by atoms with van der Waals surface area (Å²) in [6.07, 6.45) is 2.83. The quantitative estimate of drug-likeness (QED) is 0.762. The number of rotatable bonds is 6. The molecule has 0 spiro atoms. The van der Waals surface area contributed by atoms with Crippen LogP contribution in [0.25, 0.3) is 0 Å². The number of anilines is 1. The number of sulfonamides is 1. The third-order valence-corrected chi connectivity index (χ3v) is 6.59. The Balaban J connectivity index is 1.77. The van der Waals surface area contributed by atoms with Gasteiger partial charge in [-0.3, -0.25) is 9.59 Å². The third kappa shape index (κ3) is 4.37. The monoisotopic (exact) mass is 425 g/mol. The molecule has 3 rings (SSSR count). The molecule has 28 heavy (non-hydrogen) atoms. The fraction of sp³-hybridized carbons (Fsp3) is 0.333.